The maximum atomic E-state index is 11.5. The highest BCUT2D eigenvalue weighted by Crippen LogP contribution is 2.24. The lowest BCUT2D eigenvalue weighted by molar-refractivity contribution is -0.151. The van der Waals surface area contributed by atoms with Crippen LogP contribution in [-0.2, 0) is 19.4 Å². The van der Waals surface area contributed by atoms with Gasteiger partial charge in [0.15, 0.2) is 5.41 Å². The number of ether oxygens (including phenoxy) is 1. The van der Waals surface area contributed by atoms with Gasteiger partial charge in [0, 0.05) is 12.0 Å². The Morgan fingerprint density at radius 3 is 2.44 bits per heavy atom. The van der Waals surface area contributed by atoms with Crippen LogP contribution in [0.4, 0.5) is 0 Å². The zero-order valence-electron chi connectivity index (χ0n) is 9.82. The largest absolute Gasteiger partial charge is 0.465 e. The third-order valence-electron chi connectivity index (χ3n) is 2.16. The molecule has 0 saturated carbocycles. The number of rotatable bonds is 6. The van der Waals surface area contributed by atoms with E-state index in [1.54, 1.807) is 6.92 Å². The molecule has 0 N–H and O–H groups in total. The molecule has 5 nitrogen and oxygen atoms in total. The SMILES string of the molecule is CCOC(=O)C(C)(C#N)CCCS(C)(=O)=O. The predicted octanol–water partition coefficient (Wildman–Crippen LogP) is 0.904. The van der Waals surface area contributed by atoms with Gasteiger partial charge in [-0.2, -0.15) is 5.26 Å². The Morgan fingerprint density at radius 2 is 2.06 bits per heavy atom. The molecule has 0 saturated heterocycles. The molecule has 16 heavy (non-hydrogen) atoms. The van der Waals surface area contributed by atoms with Crippen LogP contribution >= 0.6 is 0 Å². The number of hydrogen-bond donors (Lipinski definition) is 0. The van der Waals surface area contributed by atoms with E-state index in [2.05, 4.69) is 0 Å². The molecule has 0 amide bonds. The van der Waals surface area contributed by atoms with Gasteiger partial charge in [-0.1, -0.05) is 0 Å². The number of hydrogen-bond acceptors (Lipinski definition) is 5. The molecule has 0 spiro atoms. The Hall–Kier alpha value is -1.09. The van der Waals surface area contributed by atoms with Crippen molar-refractivity contribution >= 4 is 15.8 Å². The van der Waals surface area contributed by atoms with Crippen LogP contribution in [0.2, 0.25) is 0 Å². The lowest BCUT2D eigenvalue weighted by atomic mass is 9.87. The van der Waals surface area contributed by atoms with Gasteiger partial charge in [0.05, 0.1) is 12.7 Å². The van der Waals surface area contributed by atoms with E-state index in [0.717, 1.165) is 6.26 Å². The molecule has 0 aliphatic carbocycles. The van der Waals surface area contributed by atoms with E-state index in [4.69, 9.17) is 10.00 Å². The van der Waals surface area contributed by atoms with Crippen LogP contribution in [0, 0.1) is 16.7 Å². The van der Waals surface area contributed by atoms with Crippen molar-refractivity contribution in [3.8, 4) is 6.07 Å². The van der Waals surface area contributed by atoms with Crippen molar-refractivity contribution in [3.63, 3.8) is 0 Å². The van der Waals surface area contributed by atoms with Crippen molar-refractivity contribution in [1.29, 1.82) is 5.26 Å². The molecular formula is C10H17NO4S. The second-order valence-electron chi connectivity index (χ2n) is 3.90. The number of carbonyl (C=O) groups excluding carboxylic acids is 1. The summed E-state index contributed by atoms with van der Waals surface area (Å²) < 4.78 is 26.6. The monoisotopic (exact) mass is 247 g/mol. The first kappa shape index (κ1) is 14.9. The highest BCUT2D eigenvalue weighted by atomic mass is 32.2. The Labute approximate surface area is 96.3 Å². The minimum absolute atomic E-state index is 0.0241. The molecule has 0 aromatic rings. The van der Waals surface area contributed by atoms with E-state index in [9.17, 15) is 13.2 Å². The summed E-state index contributed by atoms with van der Waals surface area (Å²) in [5.74, 6) is -0.616. The summed E-state index contributed by atoms with van der Waals surface area (Å²) in [4.78, 5) is 11.5. The number of carbonyl (C=O) groups is 1. The summed E-state index contributed by atoms with van der Waals surface area (Å²) in [6.07, 6.45) is 1.60. The first-order valence-corrected chi connectivity index (χ1v) is 7.07. The minimum Gasteiger partial charge on any atom is -0.465 e. The predicted molar refractivity (Wildman–Crippen MR) is 59.3 cm³/mol. The third kappa shape index (κ3) is 5.12. The van der Waals surface area contributed by atoms with Gasteiger partial charge in [-0.25, -0.2) is 8.42 Å². The van der Waals surface area contributed by atoms with Crippen LogP contribution in [0.15, 0.2) is 0 Å². The van der Waals surface area contributed by atoms with Crippen LogP contribution in [0.5, 0.6) is 0 Å². The second kappa shape index (κ2) is 5.85. The molecule has 0 aliphatic rings. The number of nitrogens with zero attached hydrogens (tertiary/aromatic N) is 1. The molecule has 0 heterocycles. The molecule has 1 atom stereocenters. The lowest BCUT2D eigenvalue weighted by Crippen LogP contribution is -2.29. The minimum atomic E-state index is -3.05. The summed E-state index contributed by atoms with van der Waals surface area (Å²) in [6, 6.07) is 1.88. The van der Waals surface area contributed by atoms with E-state index in [-0.39, 0.29) is 25.2 Å². The summed E-state index contributed by atoms with van der Waals surface area (Å²) in [5.41, 5.74) is -1.25. The van der Waals surface area contributed by atoms with Gasteiger partial charge in [0.1, 0.15) is 9.84 Å². The van der Waals surface area contributed by atoms with Gasteiger partial charge in [-0.15, -0.1) is 0 Å². The average molecular weight is 247 g/mol. The summed E-state index contributed by atoms with van der Waals surface area (Å²) in [7, 11) is -3.05. The third-order valence-corrected chi connectivity index (χ3v) is 3.19. The first-order chi connectivity index (χ1) is 7.25. The molecule has 0 bridgehead atoms. The van der Waals surface area contributed by atoms with Gasteiger partial charge in [-0.05, 0) is 26.7 Å². The fourth-order valence-corrected chi connectivity index (χ4v) is 1.85. The van der Waals surface area contributed by atoms with Crippen molar-refractivity contribution in [2.24, 2.45) is 5.41 Å². The molecular weight excluding hydrogens is 230 g/mol. The van der Waals surface area contributed by atoms with Gasteiger partial charge >= 0.3 is 5.97 Å². The molecule has 92 valence electrons. The van der Waals surface area contributed by atoms with Crippen molar-refractivity contribution in [2.45, 2.75) is 26.7 Å². The molecule has 0 aliphatic heterocycles. The van der Waals surface area contributed by atoms with E-state index < -0.39 is 21.2 Å². The van der Waals surface area contributed by atoms with E-state index in [1.165, 1.54) is 6.92 Å². The Kier molecular flexibility index (Phi) is 5.45. The summed E-state index contributed by atoms with van der Waals surface area (Å²) in [6.45, 7) is 3.33. The lowest BCUT2D eigenvalue weighted by Gasteiger charge is -2.18. The Balaban J connectivity index is 4.40. The van der Waals surface area contributed by atoms with Crippen LogP contribution in [0.3, 0.4) is 0 Å². The number of esters is 1. The van der Waals surface area contributed by atoms with Crippen molar-refractivity contribution < 1.29 is 17.9 Å². The maximum Gasteiger partial charge on any atom is 0.326 e. The van der Waals surface area contributed by atoms with Gasteiger partial charge in [0.25, 0.3) is 0 Å². The van der Waals surface area contributed by atoms with Crippen LogP contribution in [0.25, 0.3) is 0 Å². The van der Waals surface area contributed by atoms with Crippen LogP contribution < -0.4 is 0 Å². The van der Waals surface area contributed by atoms with Gasteiger partial charge < -0.3 is 4.74 Å². The van der Waals surface area contributed by atoms with Crippen LogP contribution in [0.1, 0.15) is 26.7 Å². The van der Waals surface area contributed by atoms with E-state index in [1.807, 2.05) is 6.07 Å². The summed E-state index contributed by atoms with van der Waals surface area (Å²) in [5, 5.41) is 8.91. The molecule has 0 rings (SSSR count). The normalized spacial score (nSPS) is 14.9. The zero-order chi connectivity index (χ0) is 12.8. The molecule has 6 heteroatoms. The average Bonchev–Trinajstić information content (AvgIpc) is 2.15. The zero-order valence-corrected chi connectivity index (χ0v) is 10.6. The van der Waals surface area contributed by atoms with Crippen molar-refractivity contribution in [3.05, 3.63) is 0 Å². The highest BCUT2D eigenvalue weighted by Gasteiger charge is 2.34. The Morgan fingerprint density at radius 1 is 1.50 bits per heavy atom. The molecule has 0 aromatic carbocycles. The van der Waals surface area contributed by atoms with Gasteiger partial charge in [0.2, 0.25) is 0 Å². The quantitative estimate of drug-likeness (QED) is 0.651. The van der Waals surface area contributed by atoms with Crippen molar-refractivity contribution in [2.75, 3.05) is 18.6 Å². The topological polar surface area (TPSA) is 84.2 Å². The fourth-order valence-electron chi connectivity index (χ4n) is 1.18. The maximum absolute atomic E-state index is 11.5. The molecule has 0 fully saturated rings. The van der Waals surface area contributed by atoms with Crippen LogP contribution in [-0.4, -0.2) is 33.0 Å². The summed E-state index contributed by atoms with van der Waals surface area (Å²) >= 11 is 0. The van der Waals surface area contributed by atoms with E-state index >= 15 is 0 Å². The van der Waals surface area contributed by atoms with Crippen molar-refractivity contribution in [1.82, 2.24) is 0 Å². The standard InChI is InChI=1S/C10H17NO4S/c1-4-15-9(12)10(2,8-11)6-5-7-16(3,13)14/h4-7H2,1-3H3. The molecule has 0 aromatic heterocycles. The fraction of sp³-hybridized carbons (Fsp3) is 0.800. The number of sulfone groups is 1. The second-order valence-corrected chi connectivity index (χ2v) is 6.16. The first-order valence-electron chi connectivity index (χ1n) is 5.01. The Bertz CT molecular complexity index is 382. The molecule has 0 radical (unpaired) electrons. The number of nitriles is 1. The van der Waals surface area contributed by atoms with E-state index in [0.29, 0.717) is 0 Å². The molecule has 1 unspecified atom stereocenters. The smallest absolute Gasteiger partial charge is 0.326 e. The van der Waals surface area contributed by atoms with Gasteiger partial charge in [-0.3, -0.25) is 4.79 Å². The highest BCUT2D eigenvalue weighted by molar-refractivity contribution is 7.90.